The molecule has 1 N–H and O–H groups in total. The number of rotatable bonds is 6. The van der Waals surface area contributed by atoms with Gasteiger partial charge in [0, 0.05) is 11.6 Å². The monoisotopic (exact) mass is 469 g/mol. The first-order valence-electron chi connectivity index (χ1n) is 8.72. The van der Waals surface area contributed by atoms with Crippen LogP contribution in [0.4, 0.5) is 0 Å². The fraction of sp³-hybridized carbons (Fsp3) is 0.250. The van der Waals surface area contributed by atoms with Gasteiger partial charge in [0.25, 0.3) is 5.91 Å². The molecule has 152 valence electrons. The van der Waals surface area contributed by atoms with Crippen molar-refractivity contribution in [1.29, 1.82) is 0 Å². The molecule has 1 saturated heterocycles. The third kappa shape index (κ3) is 4.86. The highest BCUT2D eigenvalue weighted by molar-refractivity contribution is 8.26. The summed E-state index contributed by atoms with van der Waals surface area (Å²) in [5.74, 6) is -0.393. The summed E-state index contributed by atoms with van der Waals surface area (Å²) in [5.41, 5.74) is 0.745. The summed E-state index contributed by atoms with van der Waals surface area (Å²) < 4.78 is 6.02. The predicted molar refractivity (Wildman–Crippen MR) is 120 cm³/mol. The third-order valence-electron chi connectivity index (χ3n) is 4.22. The van der Waals surface area contributed by atoms with Crippen LogP contribution in [-0.4, -0.2) is 32.2 Å². The maximum Gasteiger partial charge on any atom is 0.326 e. The lowest BCUT2D eigenvalue weighted by Crippen LogP contribution is -2.44. The van der Waals surface area contributed by atoms with Crippen molar-refractivity contribution < 1.29 is 19.1 Å². The Bertz CT molecular complexity index is 1020. The number of thiocarbonyl (C=S) groups is 1. The average Bonchev–Trinajstić information content (AvgIpc) is 3.20. The molecular weight excluding hydrogens is 453 g/mol. The van der Waals surface area contributed by atoms with E-state index in [0.717, 1.165) is 17.3 Å². The van der Waals surface area contributed by atoms with Gasteiger partial charge < -0.3 is 9.52 Å². The normalized spacial score (nSPS) is 16.9. The number of halogens is 2. The summed E-state index contributed by atoms with van der Waals surface area (Å²) in [5, 5.41) is 10.4. The highest BCUT2D eigenvalue weighted by Crippen LogP contribution is 2.36. The number of hydrogen-bond donors (Lipinski definition) is 1. The minimum atomic E-state index is -1.07. The largest absolute Gasteiger partial charge is 0.480 e. The predicted octanol–water partition coefficient (Wildman–Crippen LogP) is 5.95. The van der Waals surface area contributed by atoms with Crippen LogP contribution < -0.4 is 0 Å². The van der Waals surface area contributed by atoms with Crippen LogP contribution in [0.2, 0.25) is 10.0 Å². The molecular formula is C20H17Cl2NO4S2. The maximum atomic E-state index is 12.8. The summed E-state index contributed by atoms with van der Waals surface area (Å²) in [4.78, 5) is 26.0. The van der Waals surface area contributed by atoms with Gasteiger partial charge in [-0.15, -0.1) is 0 Å². The van der Waals surface area contributed by atoms with Crippen LogP contribution in [0.25, 0.3) is 17.4 Å². The number of nitrogens with zero attached hydrogens (tertiary/aromatic N) is 1. The van der Waals surface area contributed by atoms with Crippen molar-refractivity contribution in [2.24, 2.45) is 5.92 Å². The van der Waals surface area contributed by atoms with Crippen LogP contribution in [0.5, 0.6) is 0 Å². The van der Waals surface area contributed by atoms with E-state index in [9.17, 15) is 14.7 Å². The average molecular weight is 470 g/mol. The summed E-state index contributed by atoms with van der Waals surface area (Å²) in [7, 11) is 0. The quantitative estimate of drug-likeness (QED) is 0.415. The Balaban J connectivity index is 1.85. The number of furan rings is 1. The summed E-state index contributed by atoms with van der Waals surface area (Å²) in [6, 6.07) is 7.62. The molecule has 1 aromatic carbocycles. The number of carbonyl (C=O) groups excluding carboxylic acids is 1. The van der Waals surface area contributed by atoms with Crippen LogP contribution in [0.3, 0.4) is 0 Å². The number of carboxylic acids is 1. The van der Waals surface area contributed by atoms with Gasteiger partial charge in [0.1, 0.15) is 21.9 Å². The van der Waals surface area contributed by atoms with Gasteiger partial charge in [-0.25, -0.2) is 4.79 Å². The highest BCUT2D eigenvalue weighted by Gasteiger charge is 2.40. The number of aliphatic carboxylic acids is 1. The second-order valence-corrected chi connectivity index (χ2v) is 9.36. The molecule has 0 bridgehead atoms. The molecule has 1 fully saturated rings. The molecule has 0 radical (unpaired) electrons. The first kappa shape index (κ1) is 21.9. The van der Waals surface area contributed by atoms with Crippen molar-refractivity contribution in [3.05, 3.63) is 51.0 Å². The number of benzene rings is 1. The minimum Gasteiger partial charge on any atom is -0.480 e. The second kappa shape index (κ2) is 8.92. The maximum absolute atomic E-state index is 12.8. The molecule has 1 amide bonds. The van der Waals surface area contributed by atoms with Crippen molar-refractivity contribution >= 4 is 69.5 Å². The molecule has 1 aliphatic heterocycles. The van der Waals surface area contributed by atoms with Gasteiger partial charge in [0.15, 0.2) is 0 Å². The number of carboxylic acid groups (broad SMARTS) is 1. The fourth-order valence-electron chi connectivity index (χ4n) is 2.88. The lowest BCUT2D eigenvalue weighted by atomic mass is 10.0. The Labute approximate surface area is 187 Å². The lowest BCUT2D eigenvalue weighted by Gasteiger charge is -2.24. The van der Waals surface area contributed by atoms with E-state index in [1.54, 1.807) is 36.4 Å². The molecule has 5 nitrogen and oxygen atoms in total. The number of amides is 1. The number of thioether (sulfide) groups is 1. The van der Waals surface area contributed by atoms with E-state index in [4.69, 9.17) is 39.8 Å². The van der Waals surface area contributed by atoms with Crippen LogP contribution >= 0.6 is 47.2 Å². The van der Waals surface area contributed by atoms with Crippen molar-refractivity contribution in [3.63, 3.8) is 0 Å². The molecule has 2 aromatic rings. The van der Waals surface area contributed by atoms with Gasteiger partial charge in [0.2, 0.25) is 0 Å². The van der Waals surface area contributed by atoms with Crippen molar-refractivity contribution in [1.82, 2.24) is 4.90 Å². The SMILES string of the molecule is CC(C)CC(C(=O)O)N1C(=O)C(=Cc2ccc(-c3ccc(Cl)c(Cl)c3)o2)SC1=S. The first-order valence-corrected chi connectivity index (χ1v) is 10.7. The van der Waals surface area contributed by atoms with E-state index < -0.39 is 17.9 Å². The smallest absolute Gasteiger partial charge is 0.326 e. The van der Waals surface area contributed by atoms with Crippen LogP contribution in [-0.2, 0) is 9.59 Å². The zero-order valence-corrected chi connectivity index (χ0v) is 18.7. The van der Waals surface area contributed by atoms with E-state index in [2.05, 4.69) is 0 Å². The molecule has 0 saturated carbocycles. The van der Waals surface area contributed by atoms with Crippen LogP contribution in [0.15, 0.2) is 39.7 Å². The second-order valence-electron chi connectivity index (χ2n) is 6.87. The van der Waals surface area contributed by atoms with Crippen molar-refractivity contribution in [2.45, 2.75) is 26.3 Å². The summed E-state index contributed by atoms with van der Waals surface area (Å²) in [6.07, 6.45) is 1.88. The van der Waals surface area contributed by atoms with Gasteiger partial charge in [-0.05, 0) is 42.7 Å². The summed E-state index contributed by atoms with van der Waals surface area (Å²) in [6.45, 7) is 3.80. The van der Waals surface area contributed by atoms with E-state index in [0.29, 0.717) is 32.9 Å². The highest BCUT2D eigenvalue weighted by atomic mass is 35.5. The zero-order chi connectivity index (χ0) is 21.3. The van der Waals surface area contributed by atoms with Gasteiger partial charge in [0.05, 0.1) is 15.0 Å². The number of carbonyl (C=O) groups is 2. The molecule has 29 heavy (non-hydrogen) atoms. The Morgan fingerprint density at radius 3 is 2.62 bits per heavy atom. The van der Waals surface area contributed by atoms with Crippen LogP contribution in [0, 0.1) is 5.92 Å². The van der Waals surface area contributed by atoms with Gasteiger partial charge in [-0.3, -0.25) is 9.69 Å². The standard InChI is InChI=1S/C20H17Cl2NO4S2/c1-10(2)7-15(19(25)26)23-18(24)17(29-20(23)28)9-12-4-6-16(27-12)11-3-5-13(21)14(22)8-11/h3-6,8-10,15H,7H2,1-2H3,(H,25,26). The Morgan fingerprint density at radius 2 is 2.00 bits per heavy atom. The molecule has 3 rings (SSSR count). The van der Waals surface area contributed by atoms with Gasteiger partial charge >= 0.3 is 5.97 Å². The third-order valence-corrected chi connectivity index (χ3v) is 6.29. The molecule has 1 aliphatic rings. The molecule has 1 atom stereocenters. The minimum absolute atomic E-state index is 0.101. The van der Waals surface area contributed by atoms with E-state index in [-0.39, 0.29) is 10.2 Å². The first-order chi connectivity index (χ1) is 13.7. The Hall–Kier alpha value is -1.80. The molecule has 9 heteroatoms. The van der Waals surface area contributed by atoms with Gasteiger partial charge in [-0.1, -0.05) is 61.0 Å². The fourth-order valence-corrected chi connectivity index (χ4v) is 4.51. The molecule has 2 heterocycles. The van der Waals surface area contributed by atoms with Crippen molar-refractivity contribution in [2.75, 3.05) is 0 Å². The molecule has 1 aromatic heterocycles. The van der Waals surface area contributed by atoms with Gasteiger partial charge in [-0.2, -0.15) is 0 Å². The summed E-state index contributed by atoms with van der Waals surface area (Å²) >= 11 is 18.3. The van der Waals surface area contributed by atoms with Crippen molar-refractivity contribution in [3.8, 4) is 11.3 Å². The topological polar surface area (TPSA) is 70.8 Å². The zero-order valence-electron chi connectivity index (χ0n) is 15.5. The van der Waals surface area contributed by atoms with E-state index >= 15 is 0 Å². The molecule has 1 unspecified atom stereocenters. The number of hydrogen-bond acceptors (Lipinski definition) is 5. The molecule has 0 aliphatic carbocycles. The Morgan fingerprint density at radius 1 is 1.28 bits per heavy atom. The Kier molecular flexibility index (Phi) is 6.73. The van der Waals surface area contributed by atoms with E-state index in [1.807, 2.05) is 13.8 Å². The van der Waals surface area contributed by atoms with E-state index in [1.165, 1.54) is 4.90 Å². The van der Waals surface area contributed by atoms with Crippen LogP contribution in [0.1, 0.15) is 26.0 Å². The molecule has 0 spiro atoms. The lowest BCUT2D eigenvalue weighted by molar-refractivity contribution is -0.145.